The van der Waals surface area contributed by atoms with Crippen LogP contribution in [-0.2, 0) is 5.41 Å². The first-order valence-corrected chi connectivity index (χ1v) is 17.4. The fourth-order valence-electron chi connectivity index (χ4n) is 8.01. The Bertz CT molecular complexity index is 2500. The Hall–Kier alpha value is -6.18. The largest absolute Gasteiger partial charge is 0.309 e. The maximum Gasteiger partial charge on any atom is 0.0543 e. The maximum absolute atomic E-state index is 2.48. The van der Waals surface area contributed by atoms with Crippen LogP contribution in [-0.4, -0.2) is 0 Å². The van der Waals surface area contributed by atoms with E-state index < -0.39 is 0 Å². The standard InChI is InChI=1S/C49H37N/c1-49(2)44-25-10-8-23-43(44)48-45(49)26-14-28-47(48)50(39-31-29-36(30-32-39)41-24-13-18-35-17-6-7-21-40(35)41)46-27-11-9-22-42(46)38-20-12-19-37(33-38)34-15-4-3-5-16-34/h3-33H,1-2H3. The molecule has 0 amide bonds. The van der Waals surface area contributed by atoms with Crippen molar-refractivity contribution < 1.29 is 0 Å². The van der Waals surface area contributed by atoms with E-state index in [4.69, 9.17) is 0 Å². The van der Waals surface area contributed by atoms with Crippen LogP contribution >= 0.6 is 0 Å². The lowest BCUT2D eigenvalue weighted by Crippen LogP contribution is -2.16. The van der Waals surface area contributed by atoms with Gasteiger partial charge in [-0.25, -0.2) is 0 Å². The summed E-state index contributed by atoms with van der Waals surface area (Å²) in [6.07, 6.45) is 0. The highest BCUT2D eigenvalue weighted by Gasteiger charge is 2.37. The molecule has 0 N–H and O–H groups in total. The molecule has 0 bridgehead atoms. The van der Waals surface area contributed by atoms with Crippen LogP contribution in [0.5, 0.6) is 0 Å². The van der Waals surface area contributed by atoms with Crippen LogP contribution in [0.2, 0.25) is 0 Å². The number of nitrogens with zero attached hydrogens (tertiary/aromatic N) is 1. The van der Waals surface area contributed by atoms with Crippen molar-refractivity contribution in [3.8, 4) is 44.5 Å². The molecule has 0 fully saturated rings. The fraction of sp³-hybridized carbons (Fsp3) is 0.0612. The predicted molar refractivity (Wildman–Crippen MR) is 213 cm³/mol. The van der Waals surface area contributed by atoms with Crippen LogP contribution in [0.3, 0.4) is 0 Å². The number of rotatable bonds is 6. The van der Waals surface area contributed by atoms with Crippen LogP contribution in [0.1, 0.15) is 25.0 Å². The summed E-state index contributed by atoms with van der Waals surface area (Å²) in [5.74, 6) is 0. The smallest absolute Gasteiger partial charge is 0.0543 e. The van der Waals surface area contributed by atoms with Gasteiger partial charge in [0.1, 0.15) is 0 Å². The topological polar surface area (TPSA) is 3.24 Å². The zero-order valence-electron chi connectivity index (χ0n) is 28.3. The van der Waals surface area contributed by atoms with E-state index in [0.29, 0.717) is 0 Å². The molecule has 1 aliphatic rings. The zero-order valence-corrected chi connectivity index (χ0v) is 28.3. The number of benzene rings is 8. The third kappa shape index (κ3) is 4.94. The second-order valence-electron chi connectivity index (χ2n) is 13.7. The van der Waals surface area contributed by atoms with Gasteiger partial charge in [0, 0.05) is 22.2 Å². The lowest BCUT2D eigenvalue weighted by atomic mass is 9.82. The van der Waals surface area contributed by atoms with Crippen LogP contribution < -0.4 is 4.90 Å². The lowest BCUT2D eigenvalue weighted by molar-refractivity contribution is 0.660. The molecule has 0 atom stereocenters. The molecule has 9 rings (SSSR count). The van der Waals surface area contributed by atoms with Gasteiger partial charge in [-0.3, -0.25) is 0 Å². The van der Waals surface area contributed by atoms with Crippen LogP contribution in [0.4, 0.5) is 17.1 Å². The molecular weight excluding hydrogens is 603 g/mol. The normalized spacial score (nSPS) is 12.8. The van der Waals surface area contributed by atoms with Gasteiger partial charge in [-0.2, -0.15) is 0 Å². The molecule has 0 radical (unpaired) electrons. The molecule has 50 heavy (non-hydrogen) atoms. The molecule has 0 unspecified atom stereocenters. The van der Waals surface area contributed by atoms with Crippen molar-refractivity contribution in [1.82, 2.24) is 0 Å². The summed E-state index contributed by atoms with van der Waals surface area (Å²) in [5.41, 5.74) is 15.9. The fourth-order valence-corrected chi connectivity index (χ4v) is 8.01. The summed E-state index contributed by atoms with van der Waals surface area (Å²) in [7, 11) is 0. The molecule has 0 saturated carbocycles. The van der Waals surface area contributed by atoms with Crippen molar-refractivity contribution in [3.63, 3.8) is 0 Å². The SMILES string of the molecule is CC1(C)c2ccccc2-c2c(N(c3ccc(-c4cccc5ccccc45)cc3)c3ccccc3-c3cccc(-c4ccccc4)c3)cccc21. The average Bonchev–Trinajstić information content (AvgIpc) is 3.42. The Morgan fingerprint density at radius 2 is 0.960 bits per heavy atom. The highest BCUT2D eigenvalue weighted by Crippen LogP contribution is 2.55. The zero-order chi connectivity index (χ0) is 33.7. The third-order valence-electron chi connectivity index (χ3n) is 10.5. The minimum Gasteiger partial charge on any atom is -0.309 e. The predicted octanol–water partition coefficient (Wildman–Crippen LogP) is 13.6. The number of anilines is 3. The number of hydrogen-bond donors (Lipinski definition) is 0. The molecule has 0 spiro atoms. The molecule has 1 aliphatic carbocycles. The monoisotopic (exact) mass is 639 g/mol. The quantitative estimate of drug-likeness (QED) is 0.175. The molecule has 8 aromatic rings. The third-order valence-corrected chi connectivity index (χ3v) is 10.5. The van der Waals surface area contributed by atoms with Crippen molar-refractivity contribution in [3.05, 3.63) is 199 Å². The summed E-state index contributed by atoms with van der Waals surface area (Å²) in [4.78, 5) is 2.48. The molecule has 8 aromatic carbocycles. The molecular formula is C49H37N. The van der Waals surface area contributed by atoms with E-state index in [1.807, 2.05) is 0 Å². The van der Waals surface area contributed by atoms with Crippen molar-refractivity contribution in [2.24, 2.45) is 0 Å². The van der Waals surface area contributed by atoms with Gasteiger partial charge in [-0.1, -0.05) is 172 Å². The minimum absolute atomic E-state index is 0.102. The first-order valence-electron chi connectivity index (χ1n) is 17.4. The highest BCUT2D eigenvalue weighted by molar-refractivity contribution is 5.99. The van der Waals surface area contributed by atoms with Crippen molar-refractivity contribution in [1.29, 1.82) is 0 Å². The molecule has 238 valence electrons. The van der Waals surface area contributed by atoms with Crippen molar-refractivity contribution in [2.75, 3.05) is 4.90 Å². The van der Waals surface area contributed by atoms with Gasteiger partial charge in [0.05, 0.1) is 11.4 Å². The Balaban J connectivity index is 1.26. The van der Waals surface area contributed by atoms with Crippen LogP contribution in [0.15, 0.2) is 188 Å². The van der Waals surface area contributed by atoms with E-state index in [9.17, 15) is 0 Å². The van der Waals surface area contributed by atoms with E-state index in [2.05, 4.69) is 207 Å². The van der Waals surface area contributed by atoms with E-state index >= 15 is 0 Å². The minimum atomic E-state index is -0.102. The van der Waals surface area contributed by atoms with Gasteiger partial charge in [-0.05, 0) is 85.6 Å². The van der Waals surface area contributed by atoms with Gasteiger partial charge in [0.15, 0.2) is 0 Å². The first kappa shape index (κ1) is 29.9. The Kier molecular flexibility index (Phi) is 7.21. The Morgan fingerprint density at radius 3 is 1.82 bits per heavy atom. The van der Waals surface area contributed by atoms with E-state index in [0.717, 1.165) is 11.4 Å². The van der Waals surface area contributed by atoms with Crippen molar-refractivity contribution >= 4 is 27.8 Å². The summed E-state index contributed by atoms with van der Waals surface area (Å²) in [6.45, 7) is 4.71. The molecule has 1 heteroatoms. The van der Waals surface area contributed by atoms with E-state index in [1.165, 1.54) is 72.1 Å². The Morgan fingerprint density at radius 1 is 0.380 bits per heavy atom. The first-order chi connectivity index (χ1) is 24.6. The second kappa shape index (κ2) is 12.1. The lowest BCUT2D eigenvalue weighted by Gasteiger charge is -2.30. The van der Waals surface area contributed by atoms with Gasteiger partial charge in [0.25, 0.3) is 0 Å². The number of para-hydroxylation sites is 1. The van der Waals surface area contributed by atoms with Gasteiger partial charge >= 0.3 is 0 Å². The second-order valence-corrected chi connectivity index (χ2v) is 13.7. The highest BCUT2D eigenvalue weighted by atomic mass is 15.1. The molecule has 0 aliphatic heterocycles. The maximum atomic E-state index is 2.48. The van der Waals surface area contributed by atoms with E-state index in [1.54, 1.807) is 0 Å². The summed E-state index contributed by atoms with van der Waals surface area (Å²) in [5, 5.41) is 2.52. The summed E-state index contributed by atoms with van der Waals surface area (Å²) >= 11 is 0. The van der Waals surface area contributed by atoms with Crippen molar-refractivity contribution in [2.45, 2.75) is 19.3 Å². The van der Waals surface area contributed by atoms with Crippen LogP contribution in [0, 0.1) is 0 Å². The Labute approximate surface area is 294 Å². The number of hydrogen-bond acceptors (Lipinski definition) is 1. The molecule has 0 saturated heterocycles. The van der Waals surface area contributed by atoms with Gasteiger partial charge in [-0.15, -0.1) is 0 Å². The van der Waals surface area contributed by atoms with Gasteiger partial charge < -0.3 is 4.90 Å². The van der Waals surface area contributed by atoms with E-state index in [-0.39, 0.29) is 5.41 Å². The molecule has 0 aromatic heterocycles. The van der Waals surface area contributed by atoms with Gasteiger partial charge in [0.2, 0.25) is 0 Å². The summed E-state index contributed by atoms with van der Waals surface area (Å²) < 4.78 is 0. The van der Waals surface area contributed by atoms with Crippen LogP contribution in [0.25, 0.3) is 55.3 Å². The molecule has 1 nitrogen and oxygen atoms in total. The molecule has 0 heterocycles. The summed E-state index contributed by atoms with van der Waals surface area (Å²) in [6, 6.07) is 68.6. The average molecular weight is 640 g/mol. The number of fused-ring (bicyclic) bond motifs is 4.